The molecule has 0 spiro atoms. The van der Waals surface area contributed by atoms with Crippen molar-refractivity contribution in [1.29, 1.82) is 0 Å². The van der Waals surface area contributed by atoms with Crippen molar-refractivity contribution in [3.8, 4) is 11.5 Å². The van der Waals surface area contributed by atoms with E-state index in [-0.39, 0.29) is 0 Å². The molecule has 1 N–H and O–H groups in total. The summed E-state index contributed by atoms with van der Waals surface area (Å²) in [7, 11) is 3.23. The lowest BCUT2D eigenvalue weighted by molar-refractivity contribution is 0.395. The zero-order valence-corrected chi connectivity index (χ0v) is 16.6. The molecule has 1 aromatic heterocycles. The summed E-state index contributed by atoms with van der Waals surface area (Å²) in [6, 6.07) is 16.0. The number of hydrogen-bond acceptors (Lipinski definition) is 8. The highest BCUT2D eigenvalue weighted by Gasteiger charge is 2.19. The maximum Gasteiger partial charge on any atom is 0.249 e. The molecular formula is C21H24N6O2. The van der Waals surface area contributed by atoms with Crippen LogP contribution in [-0.4, -0.2) is 55.6 Å². The van der Waals surface area contributed by atoms with Crippen molar-refractivity contribution in [2.24, 2.45) is 0 Å². The Morgan fingerprint density at radius 1 is 0.897 bits per heavy atom. The average Bonchev–Trinajstić information content (AvgIpc) is 2.80. The van der Waals surface area contributed by atoms with Crippen LogP contribution in [0.15, 0.2) is 54.7 Å². The van der Waals surface area contributed by atoms with E-state index in [1.165, 1.54) is 5.69 Å². The van der Waals surface area contributed by atoms with Crippen LogP contribution >= 0.6 is 0 Å². The van der Waals surface area contributed by atoms with Crippen LogP contribution in [0.4, 0.5) is 23.1 Å². The third kappa shape index (κ3) is 4.31. The highest BCUT2D eigenvalue weighted by molar-refractivity contribution is 5.64. The first kappa shape index (κ1) is 18.8. The molecule has 0 saturated carbocycles. The number of hydrogen-bond donors (Lipinski definition) is 1. The molecule has 3 aromatic rings. The van der Waals surface area contributed by atoms with Crippen LogP contribution in [0.3, 0.4) is 0 Å². The minimum absolute atomic E-state index is 0.427. The largest absolute Gasteiger partial charge is 0.497 e. The lowest BCUT2D eigenvalue weighted by atomic mass is 10.2. The van der Waals surface area contributed by atoms with Crippen LogP contribution < -0.4 is 24.6 Å². The van der Waals surface area contributed by atoms with Gasteiger partial charge in [0.25, 0.3) is 0 Å². The zero-order chi connectivity index (χ0) is 20.1. The third-order valence-corrected chi connectivity index (χ3v) is 4.93. The smallest absolute Gasteiger partial charge is 0.249 e. The van der Waals surface area contributed by atoms with Crippen molar-refractivity contribution < 1.29 is 9.47 Å². The van der Waals surface area contributed by atoms with Crippen molar-refractivity contribution in [2.45, 2.75) is 0 Å². The minimum Gasteiger partial charge on any atom is -0.497 e. The molecule has 2 heterocycles. The fourth-order valence-electron chi connectivity index (χ4n) is 3.36. The van der Waals surface area contributed by atoms with Crippen molar-refractivity contribution in [3.63, 3.8) is 0 Å². The van der Waals surface area contributed by atoms with E-state index in [2.05, 4.69) is 54.6 Å². The van der Waals surface area contributed by atoms with E-state index in [0.717, 1.165) is 43.4 Å². The predicted molar refractivity (Wildman–Crippen MR) is 114 cm³/mol. The van der Waals surface area contributed by atoms with Crippen LogP contribution in [0.25, 0.3) is 0 Å². The Kier molecular flexibility index (Phi) is 5.60. The molecule has 4 rings (SSSR count). The van der Waals surface area contributed by atoms with Gasteiger partial charge in [0.15, 0.2) is 5.82 Å². The Hall–Kier alpha value is -3.55. The van der Waals surface area contributed by atoms with Gasteiger partial charge in [-0.3, -0.25) is 0 Å². The third-order valence-electron chi connectivity index (χ3n) is 4.93. The number of rotatable bonds is 6. The Bertz CT molecular complexity index is 945. The highest BCUT2D eigenvalue weighted by Crippen LogP contribution is 2.30. The van der Waals surface area contributed by atoms with Gasteiger partial charge in [-0.15, -0.1) is 5.10 Å². The minimum atomic E-state index is 0.427. The molecule has 2 aromatic carbocycles. The molecule has 8 heteroatoms. The van der Waals surface area contributed by atoms with Gasteiger partial charge in [-0.1, -0.05) is 18.2 Å². The number of ether oxygens (including phenoxy) is 2. The molecule has 8 nitrogen and oxygen atoms in total. The summed E-state index contributed by atoms with van der Waals surface area (Å²) in [5.41, 5.74) is 2.00. The van der Waals surface area contributed by atoms with E-state index >= 15 is 0 Å². The van der Waals surface area contributed by atoms with Crippen molar-refractivity contribution in [3.05, 3.63) is 54.7 Å². The summed E-state index contributed by atoms with van der Waals surface area (Å²) in [5, 5.41) is 11.4. The van der Waals surface area contributed by atoms with Crippen LogP contribution in [-0.2, 0) is 0 Å². The van der Waals surface area contributed by atoms with Crippen LogP contribution in [0.2, 0.25) is 0 Å². The van der Waals surface area contributed by atoms with E-state index in [1.807, 2.05) is 24.3 Å². The number of methoxy groups -OCH3 is 2. The summed E-state index contributed by atoms with van der Waals surface area (Å²) in [5.74, 6) is 2.60. The molecule has 1 aliphatic heterocycles. The van der Waals surface area contributed by atoms with Crippen LogP contribution in [0.1, 0.15) is 0 Å². The fraction of sp³-hybridized carbons (Fsp3) is 0.286. The Labute approximate surface area is 170 Å². The molecule has 0 aliphatic carbocycles. The summed E-state index contributed by atoms with van der Waals surface area (Å²) >= 11 is 0. The average molecular weight is 392 g/mol. The highest BCUT2D eigenvalue weighted by atomic mass is 16.5. The predicted octanol–water partition coefficient (Wildman–Crippen LogP) is 2.96. The standard InChI is InChI=1S/C21H24N6O2/c1-28-17-8-9-18(19(14-17)29-2)23-21-24-20(15-22-25-21)27-12-10-26(11-13-27)16-6-4-3-5-7-16/h3-9,14-15H,10-13H2,1-2H3,(H,23,24,25). The van der Waals surface area contributed by atoms with Crippen LogP contribution in [0.5, 0.6) is 11.5 Å². The molecule has 1 fully saturated rings. The van der Waals surface area contributed by atoms with E-state index in [0.29, 0.717) is 11.7 Å². The summed E-state index contributed by atoms with van der Waals surface area (Å²) in [6.45, 7) is 3.62. The van der Waals surface area contributed by atoms with Gasteiger partial charge in [0.2, 0.25) is 5.95 Å². The summed E-state index contributed by atoms with van der Waals surface area (Å²) in [4.78, 5) is 9.25. The normalized spacial score (nSPS) is 13.9. The topological polar surface area (TPSA) is 75.6 Å². The molecule has 0 bridgehead atoms. The molecule has 1 saturated heterocycles. The first-order valence-corrected chi connectivity index (χ1v) is 9.50. The van der Waals surface area contributed by atoms with Gasteiger partial charge in [0.1, 0.15) is 11.5 Å². The molecule has 29 heavy (non-hydrogen) atoms. The van der Waals surface area contributed by atoms with Crippen molar-refractivity contribution in [1.82, 2.24) is 15.2 Å². The number of piperazine rings is 1. The number of benzene rings is 2. The number of anilines is 4. The van der Waals surface area contributed by atoms with Gasteiger partial charge in [0, 0.05) is 37.9 Å². The molecule has 150 valence electrons. The maximum absolute atomic E-state index is 5.43. The van der Waals surface area contributed by atoms with Crippen molar-refractivity contribution in [2.75, 3.05) is 55.5 Å². The number of nitrogens with zero attached hydrogens (tertiary/aromatic N) is 5. The molecule has 0 atom stereocenters. The second-order valence-corrected chi connectivity index (χ2v) is 6.64. The van der Waals surface area contributed by atoms with Crippen molar-refractivity contribution >= 4 is 23.1 Å². The van der Waals surface area contributed by atoms with Gasteiger partial charge in [-0.05, 0) is 24.3 Å². The maximum atomic E-state index is 5.43. The molecular weight excluding hydrogens is 368 g/mol. The monoisotopic (exact) mass is 392 g/mol. The lowest BCUT2D eigenvalue weighted by Gasteiger charge is -2.36. The van der Waals surface area contributed by atoms with E-state index < -0.39 is 0 Å². The summed E-state index contributed by atoms with van der Waals surface area (Å²) < 4.78 is 10.7. The quantitative estimate of drug-likeness (QED) is 0.686. The summed E-state index contributed by atoms with van der Waals surface area (Å²) in [6.07, 6.45) is 1.70. The SMILES string of the molecule is COc1ccc(Nc2nncc(N3CCN(c4ccccc4)CC3)n2)c(OC)c1. The first-order valence-electron chi connectivity index (χ1n) is 9.50. The molecule has 1 aliphatic rings. The first-order chi connectivity index (χ1) is 14.3. The Morgan fingerprint density at radius 2 is 1.66 bits per heavy atom. The van der Waals surface area contributed by atoms with E-state index in [1.54, 1.807) is 20.4 Å². The Balaban J connectivity index is 1.44. The lowest BCUT2D eigenvalue weighted by Crippen LogP contribution is -2.46. The zero-order valence-electron chi connectivity index (χ0n) is 16.6. The second kappa shape index (κ2) is 8.64. The fourth-order valence-corrected chi connectivity index (χ4v) is 3.36. The van der Waals surface area contributed by atoms with Gasteiger partial charge in [-0.25, -0.2) is 0 Å². The van der Waals surface area contributed by atoms with Gasteiger partial charge < -0.3 is 24.6 Å². The molecule has 0 amide bonds. The van der Waals surface area contributed by atoms with Gasteiger partial charge in [0.05, 0.1) is 26.1 Å². The number of aromatic nitrogens is 3. The molecule has 0 unspecified atom stereocenters. The number of para-hydroxylation sites is 1. The van der Waals surface area contributed by atoms with Crippen LogP contribution in [0, 0.1) is 0 Å². The Morgan fingerprint density at radius 3 is 2.38 bits per heavy atom. The molecule has 0 radical (unpaired) electrons. The van der Waals surface area contributed by atoms with Gasteiger partial charge >= 0.3 is 0 Å². The van der Waals surface area contributed by atoms with E-state index in [9.17, 15) is 0 Å². The number of nitrogens with one attached hydrogen (secondary N) is 1. The van der Waals surface area contributed by atoms with Gasteiger partial charge in [-0.2, -0.15) is 10.1 Å². The second-order valence-electron chi connectivity index (χ2n) is 6.64. The van der Waals surface area contributed by atoms with E-state index in [4.69, 9.17) is 9.47 Å².